The van der Waals surface area contributed by atoms with E-state index in [2.05, 4.69) is 42.1 Å². The Morgan fingerprint density at radius 3 is 2.89 bits per heavy atom. The summed E-state index contributed by atoms with van der Waals surface area (Å²) in [6, 6.07) is 4.46. The maximum Gasteiger partial charge on any atom is 0.142 e. The predicted molar refractivity (Wildman–Crippen MR) is 76.8 cm³/mol. The molecule has 2 rings (SSSR count). The summed E-state index contributed by atoms with van der Waals surface area (Å²) in [6.45, 7) is 7.40. The summed E-state index contributed by atoms with van der Waals surface area (Å²) >= 11 is 1.73. The zero-order chi connectivity index (χ0) is 13.0. The van der Waals surface area contributed by atoms with E-state index in [-0.39, 0.29) is 0 Å². The lowest BCUT2D eigenvalue weighted by Gasteiger charge is -2.08. The summed E-state index contributed by atoms with van der Waals surface area (Å²) in [4.78, 5) is 10.2. The highest BCUT2D eigenvalue weighted by molar-refractivity contribution is 7.15. The lowest BCUT2D eigenvalue weighted by Crippen LogP contribution is -2.16. The third-order valence-corrected chi connectivity index (χ3v) is 4.12. The molecule has 0 radical (unpaired) electrons. The first-order valence-corrected chi connectivity index (χ1v) is 7.21. The summed E-state index contributed by atoms with van der Waals surface area (Å²) in [5.74, 6) is 0. The minimum Gasteiger partial charge on any atom is -0.310 e. The molecule has 2 heterocycles. The molecule has 0 aromatic carbocycles. The molecule has 2 aromatic heterocycles. The van der Waals surface area contributed by atoms with Gasteiger partial charge in [-0.1, -0.05) is 19.9 Å². The lowest BCUT2D eigenvalue weighted by atomic mass is 10.1. The summed E-state index contributed by atoms with van der Waals surface area (Å²) < 4.78 is 0. The van der Waals surface area contributed by atoms with Gasteiger partial charge in [0.1, 0.15) is 10.7 Å². The van der Waals surface area contributed by atoms with Gasteiger partial charge in [0.15, 0.2) is 0 Å². The number of pyridine rings is 1. The van der Waals surface area contributed by atoms with Gasteiger partial charge in [0.2, 0.25) is 0 Å². The van der Waals surface area contributed by atoms with E-state index in [1.807, 2.05) is 18.5 Å². The number of nitrogens with zero attached hydrogens (tertiary/aromatic N) is 2. The molecule has 2 aromatic rings. The van der Waals surface area contributed by atoms with Gasteiger partial charge in [-0.2, -0.15) is 0 Å². The van der Waals surface area contributed by atoms with Crippen molar-refractivity contribution in [2.24, 2.45) is 0 Å². The van der Waals surface area contributed by atoms with Crippen LogP contribution in [0.3, 0.4) is 0 Å². The van der Waals surface area contributed by atoms with Crippen molar-refractivity contribution in [3.05, 3.63) is 35.0 Å². The fourth-order valence-corrected chi connectivity index (χ4v) is 2.89. The number of rotatable bonds is 5. The molecule has 4 heteroatoms. The van der Waals surface area contributed by atoms with Crippen LogP contribution in [-0.2, 0) is 6.42 Å². The zero-order valence-electron chi connectivity index (χ0n) is 11.1. The van der Waals surface area contributed by atoms with E-state index < -0.39 is 0 Å². The highest BCUT2D eigenvalue weighted by Gasteiger charge is 2.12. The first-order chi connectivity index (χ1) is 8.76. The van der Waals surface area contributed by atoms with Gasteiger partial charge >= 0.3 is 0 Å². The second-order valence-electron chi connectivity index (χ2n) is 4.21. The zero-order valence-corrected chi connectivity index (χ0v) is 11.9. The van der Waals surface area contributed by atoms with Crippen LogP contribution in [0.2, 0.25) is 0 Å². The van der Waals surface area contributed by atoms with E-state index in [9.17, 15) is 0 Å². The molecule has 18 heavy (non-hydrogen) atoms. The molecule has 96 valence electrons. The number of nitrogens with one attached hydrogen (secondary N) is 1. The Morgan fingerprint density at radius 1 is 1.33 bits per heavy atom. The third kappa shape index (κ3) is 2.76. The van der Waals surface area contributed by atoms with E-state index in [0.29, 0.717) is 6.04 Å². The first-order valence-electron chi connectivity index (χ1n) is 6.39. The highest BCUT2D eigenvalue weighted by Crippen LogP contribution is 2.29. The Labute approximate surface area is 112 Å². The van der Waals surface area contributed by atoms with Crippen molar-refractivity contribution in [1.29, 1.82) is 0 Å². The molecule has 1 atom stereocenters. The van der Waals surface area contributed by atoms with Crippen molar-refractivity contribution in [3.8, 4) is 10.7 Å². The summed E-state index contributed by atoms with van der Waals surface area (Å²) in [7, 11) is 0. The van der Waals surface area contributed by atoms with Crippen LogP contribution in [0.25, 0.3) is 10.7 Å². The maximum atomic E-state index is 4.51. The average molecular weight is 261 g/mol. The number of thiazole rings is 1. The van der Waals surface area contributed by atoms with E-state index in [1.54, 1.807) is 11.3 Å². The van der Waals surface area contributed by atoms with Gasteiger partial charge in [0.05, 0.1) is 0 Å². The second kappa shape index (κ2) is 6.07. The molecule has 0 aliphatic rings. The molecule has 0 spiro atoms. The lowest BCUT2D eigenvalue weighted by molar-refractivity contribution is 0.606. The average Bonchev–Trinajstić information content (AvgIpc) is 2.88. The molecule has 0 amide bonds. The van der Waals surface area contributed by atoms with Crippen LogP contribution in [0.5, 0.6) is 0 Å². The number of hydrogen-bond acceptors (Lipinski definition) is 4. The van der Waals surface area contributed by atoms with Crippen LogP contribution in [-0.4, -0.2) is 16.5 Å². The Morgan fingerprint density at radius 2 is 2.17 bits per heavy atom. The van der Waals surface area contributed by atoms with Gasteiger partial charge in [0, 0.05) is 23.3 Å². The van der Waals surface area contributed by atoms with Crippen molar-refractivity contribution in [2.45, 2.75) is 33.2 Å². The van der Waals surface area contributed by atoms with Crippen LogP contribution in [0.4, 0.5) is 0 Å². The fourth-order valence-electron chi connectivity index (χ4n) is 1.92. The minimum atomic E-state index is 0.357. The van der Waals surface area contributed by atoms with E-state index in [1.165, 1.54) is 10.4 Å². The van der Waals surface area contributed by atoms with Crippen LogP contribution in [0, 0.1) is 0 Å². The quantitative estimate of drug-likeness (QED) is 0.896. The highest BCUT2D eigenvalue weighted by atomic mass is 32.1. The molecule has 0 saturated heterocycles. The molecule has 0 saturated carbocycles. The molecule has 0 aliphatic heterocycles. The second-order valence-corrected chi connectivity index (χ2v) is 5.27. The number of hydrogen-bond donors (Lipinski definition) is 1. The van der Waals surface area contributed by atoms with Gasteiger partial charge in [-0.05, 0) is 31.5 Å². The van der Waals surface area contributed by atoms with Crippen LogP contribution in [0.15, 0.2) is 24.5 Å². The van der Waals surface area contributed by atoms with E-state index >= 15 is 0 Å². The van der Waals surface area contributed by atoms with Crippen molar-refractivity contribution in [1.82, 2.24) is 15.3 Å². The topological polar surface area (TPSA) is 37.8 Å². The molecule has 1 unspecified atom stereocenters. The minimum absolute atomic E-state index is 0.357. The maximum absolute atomic E-state index is 4.51. The van der Waals surface area contributed by atoms with Gasteiger partial charge in [0.25, 0.3) is 0 Å². The van der Waals surface area contributed by atoms with Crippen molar-refractivity contribution in [2.75, 3.05) is 6.54 Å². The SMILES string of the molecule is CCNC(C)c1cnc(-c2ncccc2CC)s1. The van der Waals surface area contributed by atoms with Crippen molar-refractivity contribution < 1.29 is 0 Å². The Bertz CT molecular complexity index is 507. The Hall–Kier alpha value is -1.26. The Balaban J connectivity index is 2.29. The molecule has 0 fully saturated rings. The standard InChI is InChI=1S/C14H19N3S/c1-4-11-7-6-8-16-13(11)14-17-9-12(18-14)10(3)15-5-2/h6-10,15H,4-5H2,1-3H3. The number of aryl methyl sites for hydroxylation is 1. The fraction of sp³-hybridized carbons (Fsp3) is 0.429. The van der Waals surface area contributed by atoms with Crippen LogP contribution in [0.1, 0.15) is 37.3 Å². The van der Waals surface area contributed by atoms with Crippen molar-refractivity contribution >= 4 is 11.3 Å². The molecular weight excluding hydrogens is 242 g/mol. The van der Waals surface area contributed by atoms with Gasteiger partial charge in [-0.3, -0.25) is 4.98 Å². The van der Waals surface area contributed by atoms with E-state index in [4.69, 9.17) is 0 Å². The normalized spacial score (nSPS) is 12.6. The van der Waals surface area contributed by atoms with Crippen LogP contribution >= 0.6 is 11.3 Å². The molecule has 3 nitrogen and oxygen atoms in total. The predicted octanol–water partition coefficient (Wildman–Crippen LogP) is 3.44. The van der Waals surface area contributed by atoms with Gasteiger partial charge in [-0.15, -0.1) is 11.3 Å². The summed E-state index contributed by atoms with van der Waals surface area (Å²) in [5.41, 5.74) is 2.29. The smallest absolute Gasteiger partial charge is 0.142 e. The van der Waals surface area contributed by atoms with Crippen LogP contribution < -0.4 is 5.32 Å². The largest absolute Gasteiger partial charge is 0.310 e. The summed E-state index contributed by atoms with van der Waals surface area (Å²) in [6.07, 6.45) is 4.78. The molecular formula is C14H19N3S. The Kier molecular flexibility index (Phi) is 4.44. The molecule has 0 aliphatic carbocycles. The molecule has 1 N–H and O–H groups in total. The monoisotopic (exact) mass is 261 g/mol. The first kappa shape index (κ1) is 13.2. The van der Waals surface area contributed by atoms with Gasteiger partial charge in [-0.25, -0.2) is 4.98 Å². The third-order valence-electron chi connectivity index (χ3n) is 2.94. The summed E-state index contributed by atoms with van der Waals surface area (Å²) in [5, 5.41) is 4.43. The van der Waals surface area contributed by atoms with E-state index in [0.717, 1.165) is 23.7 Å². The number of aromatic nitrogens is 2. The van der Waals surface area contributed by atoms with Gasteiger partial charge < -0.3 is 5.32 Å². The van der Waals surface area contributed by atoms with Crippen molar-refractivity contribution in [3.63, 3.8) is 0 Å². The molecule has 0 bridgehead atoms.